The number of nitrogens with one attached hydrogen (secondary N) is 1. The van der Waals surface area contributed by atoms with E-state index in [1.54, 1.807) is 7.05 Å². The molecule has 1 aliphatic heterocycles. The molecule has 5 heteroatoms. The van der Waals surface area contributed by atoms with Crippen molar-refractivity contribution >= 4 is 18.3 Å². The molecule has 0 aliphatic carbocycles. The molecule has 1 saturated heterocycles. The second kappa shape index (κ2) is 8.79. The zero-order chi connectivity index (χ0) is 11.1. The van der Waals surface area contributed by atoms with Gasteiger partial charge in [-0.3, -0.25) is 4.79 Å². The third kappa shape index (κ3) is 5.68. The summed E-state index contributed by atoms with van der Waals surface area (Å²) >= 11 is 0. The van der Waals surface area contributed by atoms with Crippen LogP contribution >= 0.6 is 12.4 Å². The van der Waals surface area contributed by atoms with Gasteiger partial charge in [-0.15, -0.1) is 12.4 Å². The molecule has 0 bridgehead atoms. The first-order valence-corrected chi connectivity index (χ1v) is 5.70. The summed E-state index contributed by atoms with van der Waals surface area (Å²) in [6.45, 7) is 3.08. The summed E-state index contributed by atoms with van der Waals surface area (Å²) in [6, 6.07) is 0. The van der Waals surface area contributed by atoms with Gasteiger partial charge >= 0.3 is 0 Å². The van der Waals surface area contributed by atoms with Gasteiger partial charge in [-0.1, -0.05) is 0 Å². The molecule has 1 N–H and O–H groups in total. The monoisotopic (exact) mass is 250 g/mol. The van der Waals surface area contributed by atoms with Gasteiger partial charge in [0, 0.05) is 26.8 Å². The molecule has 0 radical (unpaired) electrons. The lowest BCUT2D eigenvalue weighted by Gasteiger charge is -2.24. The normalized spacial score (nSPS) is 16.6. The van der Waals surface area contributed by atoms with Crippen LogP contribution in [-0.2, 0) is 9.53 Å². The van der Waals surface area contributed by atoms with E-state index in [0.29, 0.717) is 6.54 Å². The van der Waals surface area contributed by atoms with Crippen molar-refractivity contribution in [3.63, 3.8) is 0 Å². The van der Waals surface area contributed by atoms with Gasteiger partial charge in [0.1, 0.15) is 0 Å². The maximum absolute atomic E-state index is 11.5. The Morgan fingerprint density at radius 1 is 1.44 bits per heavy atom. The van der Waals surface area contributed by atoms with Gasteiger partial charge in [0.05, 0.1) is 6.54 Å². The van der Waals surface area contributed by atoms with Crippen molar-refractivity contribution in [2.45, 2.75) is 19.3 Å². The van der Waals surface area contributed by atoms with Gasteiger partial charge < -0.3 is 15.0 Å². The number of ether oxygens (including phenoxy) is 1. The molecule has 0 aromatic heterocycles. The lowest BCUT2D eigenvalue weighted by Crippen LogP contribution is -2.35. The summed E-state index contributed by atoms with van der Waals surface area (Å²) in [5, 5.41) is 2.88. The van der Waals surface area contributed by atoms with Crippen molar-refractivity contribution < 1.29 is 9.53 Å². The van der Waals surface area contributed by atoms with E-state index in [1.165, 1.54) is 0 Å². The summed E-state index contributed by atoms with van der Waals surface area (Å²) in [5.74, 6) is 0.910. The Labute approximate surface area is 104 Å². The molecular weight excluding hydrogens is 228 g/mol. The SMILES string of the molecule is CNCC(=O)N(C)CCC1CCOCC1.Cl. The Hall–Kier alpha value is -0.320. The highest BCUT2D eigenvalue weighted by atomic mass is 35.5. The second-order valence-corrected chi connectivity index (χ2v) is 4.19. The molecule has 4 nitrogen and oxygen atoms in total. The topological polar surface area (TPSA) is 41.6 Å². The first-order valence-electron chi connectivity index (χ1n) is 5.70. The summed E-state index contributed by atoms with van der Waals surface area (Å²) < 4.78 is 5.30. The quantitative estimate of drug-likeness (QED) is 0.789. The summed E-state index contributed by atoms with van der Waals surface area (Å²) in [4.78, 5) is 13.3. The van der Waals surface area contributed by atoms with Crippen molar-refractivity contribution in [2.75, 3.05) is 40.4 Å². The van der Waals surface area contributed by atoms with E-state index < -0.39 is 0 Å². The molecular formula is C11H23ClN2O2. The Kier molecular flexibility index (Phi) is 8.61. The van der Waals surface area contributed by atoms with Gasteiger partial charge in [-0.2, -0.15) is 0 Å². The minimum absolute atomic E-state index is 0. The third-order valence-corrected chi connectivity index (χ3v) is 2.97. The van der Waals surface area contributed by atoms with Gasteiger partial charge in [0.2, 0.25) is 5.91 Å². The number of hydrogen-bond donors (Lipinski definition) is 1. The van der Waals surface area contributed by atoms with E-state index in [9.17, 15) is 4.79 Å². The summed E-state index contributed by atoms with van der Waals surface area (Å²) in [6.07, 6.45) is 3.40. The Morgan fingerprint density at radius 2 is 2.06 bits per heavy atom. The van der Waals surface area contributed by atoms with Crippen LogP contribution in [0.2, 0.25) is 0 Å². The van der Waals surface area contributed by atoms with Crippen molar-refractivity contribution in [3.05, 3.63) is 0 Å². The lowest BCUT2D eigenvalue weighted by atomic mass is 9.96. The van der Waals surface area contributed by atoms with Crippen LogP contribution in [0.25, 0.3) is 0 Å². The zero-order valence-electron chi connectivity index (χ0n) is 10.2. The number of hydrogen-bond acceptors (Lipinski definition) is 3. The average molecular weight is 251 g/mol. The molecule has 1 rings (SSSR count). The van der Waals surface area contributed by atoms with Crippen molar-refractivity contribution in [2.24, 2.45) is 5.92 Å². The molecule has 1 fully saturated rings. The Morgan fingerprint density at radius 3 is 2.62 bits per heavy atom. The highest BCUT2D eigenvalue weighted by Crippen LogP contribution is 2.18. The van der Waals surface area contributed by atoms with Crippen LogP contribution in [0.15, 0.2) is 0 Å². The number of likely N-dealkylation sites (N-methyl/N-ethyl adjacent to an activating group) is 2. The Balaban J connectivity index is 0.00000225. The van der Waals surface area contributed by atoms with Gasteiger partial charge in [-0.05, 0) is 32.2 Å². The first kappa shape index (κ1) is 15.7. The molecule has 0 aromatic rings. The first-order chi connectivity index (χ1) is 7.24. The van der Waals surface area contributed by atoms with E-state index >= 15 is 0 Å². The standard InChI is InChI=1S/C11H22N2O2.ClH/c1-12-9-11(14)13(2)6-3-10-4-7-15-8-5-10;/h10,12H,3-9H2,1-2H3;1H. The molecule has 0 atom stereocenters. The van der Waals surface area contributed by atoms with E-state index in [-0.39, 0.29) is 18.3 Å². The van der Waals surface area contributed by atoms with Gasteiger partial charge in [-0.25, -0.2) is 0 Å². The van der Waals surface area contributed by atoms with Crippen LogP contribution in [0, 0.1) is 5.92 Å². The molecule has 16 heavy (non-hydrogen) atoms. The van der Waals surface area contributed by atoms with Crippen LogP contribution in [0.1, 0.15) is 19.3 Å². The fourth-order valence-corrected chi connectivity index (χ4v) is 1.82. The zero-order valence-corrected chi connectivity index (χ0v) is 11.0. The van der Waals surface area contributed by atoms with Crippen LogP contribution in [0.5, 0.6) is 0 Å². The van der Waals surface area contributed by atoms with E-state index in [4.69, 9.17) is 4.74 Å². The number of amides is 1. The smallest absolute Gasteiger partial charge is 0.236 e. The van der Waals surface area contributed by atoms with Crippen LogP contribution in [-0.4, -0.2) is 51.2 Å². The van der Waals surface area contributed by atoms with Crippen molar-refractivity contribution in [3.8, 4) is 0 Å². The molecule has 1 heterocycles. The molecule has 0 spiro atoms. The fourth-order valence-electron chi connectivity index (χ4n) is 1.82. The Bertz CT molecular complexity index is 196. The molecule has 1 aliphatic rings. The predicted octanol–water partition coefficient (Wildman–Crippen LogP) is 0.903. The number of rotatable bonds is 5. The maximum Gasteiger partial charge on any atom is 0.236 e. The van der Waals surface area contributed by atoms with E-state index in [0.717, 1.165) is 44.9 Å². The minimum atomic E-state index is 0. The number of halogens is 1. The number of nitrogens with zero attached hydrogens (tertiary/aromatic N) is 1. The molecule has 96 valence electrons. The van der Waals surface area contributed by atoms with Gasteiger partial charge in [0.15, 0.2) is 0 Å². The fraction of sp³-hybridized carbons (Fsp3) is 0.909. The lowest BCUT2D eigenvalue weighted by molar-refractivity contribution is -0.129. The van der Waals surface area contributed by atoms with E-state index in [2.05, 4.69) is 5.32 Å². The average Bonchev–Trinajstić information content (AvgIpc) is 2.27. The highest BCUT2D eigenvalue weighted by molar-refractivity contribution is 5.85. The molecule has 0 unspecified atom stereocenters. The number of carbonyl (C=O) groups excluding carboxylic acids is 1. The summed E-state index contributed by atoms with van der Waals surface area (Å²) in [7, 11) is 3.67. The third-order valence-electron chi connectivity index (χ3n) is 2.97. The second-order valence-electron chi connectivity index (χ2n) is 4.19. The van der Waals surface area contributed by atoms with Crippen LogP contribution in [0.3, 0.4) is 0 Å². The van der Waals surface area contributed by atoms with Crippen LogP contribution < -0.4 is 5.32 Å². The largest absolute Gasteiger partial charge is 0.381 e. The molecule has 0 saturated carbocycles. The molecule has 1 amide bonds. The van der Waals surface area contributed by atoms with Crippen molar-refractivity contribution in [1.29, 1.82) is 0 Å². The minimum Gasteiger partial charge on any atom is -0.381 e. The summed E-state index contributed by atoms with van der Waals surface area (Å²) in [5.41, 5.74) is 0. The van der Waals surface area contributed by atoms with E-state index in [1.807, 2.05) is 11.9 Å². The van der Waals surface area contributed by atoms with Crippen molar-refractivity contribution in [1.82, 2.24) is 10.2 Å². The predicted molar refractivity (Wildman–Crippen MR) is 67.0 cm³/mol. The molecule has 0 aromatic carbocycles. The highest BCUT2D eigenvalue weighted by Gasteiger charge is 2.15. The number of carbonyl (C=O) groups is 1. The van der Waals surface area contributed by atoms with Gasteiger partial charge in [0.25, 0.3) is 0 Å². The van der Waals surface area contributed by atoms with Crippen LogP contribution in [0.4, 0.5) is 0 Å². The maximum atomic E-state index is 11.5.